The van der Waals surface area contributed by atoms with E-state index in [1.54, 1.807) is 24.3 Å². The summed E-state index contributed by atoms with van der Waals surface area (Å²) in [5, 5.41) is 16.0. The molecule has 0 heterocycles. The molecule has 2 N–H and O–H groups in total. The molecule has 0 spiro atoms. The van der Waals surface area contributed by atoms with Gasteiger partial charge in [0.2, 0.25) is 0 Å². The van der Waals surface area contributed by atoms with Gasteiger partial charge in [-0.15, -0.1) is 0 Å². The fourth-order valence-electron chi connectivity index (χ4n) is 3.47. The van der Waals surface area contributed by atoms with Crippen molar-refractivity contribution in [3.8, 4) is 11.5 Å². The number of halogens is 1. The second-order valence-corrected chi connectivity index (χ2v) is 7.25. The summed E-state index contributed by atoms with van der Waals surface area (Å²) in [6.07, 6.45) is 0. The van der Waals surface area contributed by atoms with Crippen LogP contribution in [-0.4, -0.2) is 17.6 Å². The van der Waals surface area contributed by atoms with Gasteiger partial charge in [-0.2, -0.15) is 0 Å². The zero-order valence-electron chi connectivity index (χ0n) is 16.1. The van der Waals surface area contributed by atoms with Gasteiger partial charge in [-0.3, -0.25) is 4.79 Å². The Bertz CT molecular complexity index is 1180. The van der Waals surface area contributed by atoms with E-state index in [4.69, 9.17) is 16.3 Å². The lowest BCUT2D eigenvalue weighted by Crippen LogP contribution is -2.33. The molecule has 4 aromatic rings. The highest BCUT2D eigenvalue weighted by atomic mass is 35.5. The smallest absolute Gasteiger partial charge is 0.258 e. The summed E-state index contributed by atoms with van der Waals surface area (Å²) in [4.78, 5) is 12.8. The standard InChI is InChI=1S/C25H20ClNO3/c26-21-13-7-6-12-20(21)25(27-23(29)16-30-18-9-2-1-3-10-18)24-19-11-5-4-8-17(19)14-15-22(24)28/h1-15,25,28H,16H2,(H,27,29)/t25-/m0/s1. The zero-order chi connectivity index (χ0) is 20.9. The van der Waals surface area contributed by atoms with Crippen molar-refractivity contribution < 1.29 is 14.6 Å². The van der Waals surface area contributed by atoms with Crippen LogP contribution in [0.1, 0.15) is 17.2 Å². The van der Waals surface area contributed by atoms with Crippen molar-refractivity contribution in [2.45, 2.75) is 6.04 Å². The maximum absolute atomic E-state index is 12.8. The third-order valence-corrected chi connectivity index (χ3v) is 5.22. The maximum atomic E-state index is 12.8. The summed E-state index contributed by atoms with van der Waals surface area (Å²) in [5.74, 6) is 0.369. The minimum Gasteiger partial charge on any atom is -0.508 e. The van der Waals surface area contributed by atoms with Crippen LogP contribution in [0, 0.1) is 0 Å². The summed E-state index contributed by atoms with van der Waals surface area (Å²) in [5.41, 5.74) is 1.29. The van der Waals surface area contributed by atoms with E-state index >= 15 is 0 Å². The average Bonchev–Trinajstić information content (AvgIpc) is 2.78. The molecule has 0 unspecified atom stereocenters. The van der Waals surface area contributed by atoms with Crippen LogP contribution in [0.3, 0.4) is 0 Å². The third-order valence-electron chi connectivity index (χ3n) is 4.87. The summed E-state index contributed by atoms with van der Waals surface area (Å²) < 4.78 is 5.58. The molecule has 1 atom stereocenters. The molecule has 0 bridgehead atoms. The second kappa shape index (κ2) is 8.89. The van der Waals surface area contributed by atoms with E-state index < -0.39 is 6.04 Å². The van der Waals surface area contributed by atoms with E-state index in [0.29, 0.717) is 21.9 Å². The first kappa shape index (κ1) is 19.8. The van der Waals surface area contributed by atoms with E-state index in [-0.39, 0.29) is 18.3 Å². The van der Waals surface area contributed by atoms with Crippen LogP contribution in [0.5, 0.6) is 11.5 Å². The molecule has 1 amide bonds. The number of phenolic OH excluding ortho intramolecular Hbond substituents is 1. The van der Waals surface area contributed by atoms with E-state index in [9.17, 15) is 9.90 Å². The van der Waals surface area contributed by atoms with Crippen LogP contribution in [0.15, 0.2) is 91.0 Å². The number of fused-ring (bicyclic) bond motifs is 1. The molecule has 4 nitrogen and oxygen atoms in total. The largest absolute Gasteiger partial charge is 0.508 e. The van der Waals surface area contributed by atoms with Gasteiger partial charge in [0.15, 0.2) is 6.61 Å². The Morgan fingerprint density at radius 1 is 0.900 bits per heavy atom. The van der Waals surface area contributed by atoms with Gasteiger partial charge in [-0.05, 0) is 40.6 Å². The van der Waals surface area contributed by atoms with Gasteiger partial charge in [0.25, 0.3) is 5.91 Å². The number of phenols is 1. The average molecular weight is 418 g/mol. The number of aromatic hydroxyl groups is 1. The van der Waals surface area contributed by atoms with Crippen molar-refractivity contribution in [2.24, 2.45) is 0 Å². The number of benzene rings is 4. The highest BCUT2D eigenvalue weighted by molar-refractivity contribution is 6.31. The Morgan fingerprint density at radius 2 is 1.60 bits per heavy atom. The lowest BCUT2D eigenvalue weighted by molar-refractivity contribution is -0.123. The number of para-hydroxylation sites is 1. The number of ether oxygens (including phenoxy) is 1. The number of hydrogen-bond donors (Lipinski definition) is 2. The van der Waals surface area contributed by atoms with Crippen molar-refractivity contribution in [2.75, 3.05) is 6.61 Å². The number of amides is 1. The predicted molar refractivity (Wildman–Crippen MR) is 119 cm³/mol. The third kappa shape index (κ3) is 4.24. The van der Waals surface area contributed by atoms with Gasteiger partial charge >= 0.3 is 0 Å². The summed E-state index contributed by atoms with van der Waals surface area (Å²) in [7, 11) is 0. The van der Waals surface area contributed by atoms with Crippen LogP contribution in [0.4, 0.5) is 0 Å². The van der Waals surface area contributed by atoms with Gasteiger partial charge in [-0.25, -0.2) is 0 Å². The van der Waals surface area contributed by atoms with E-state index in [1.807, 2.05) is 66.7 Å². The Labute approximate surface area is 179 Å². The zero-order valence-corrected chi connectivity index (χ0v) is 16.8. The number of rotatable bonds is 6. The first-order chi connectivity index (χ1) is 14.6. The molecule has 4 rings (SSSR count). The molecule has 0 aliphatic rings. The highest BCUT2D eigenvalue weighted by Gasteiger charge is 2.24. The Kier molecular flexibility index (Phi) is 5.87. The molecule has 0 fully saturated rings. The Balaban J connectivity index is 1.71. The Hall–Kier alpha value is -3.50. The lowest BCUT2D eigenvalue weighted by atomic mass is 9.92. The highest BCUT2D eigenvalue weighted by Crippen LogP contribution is 2.38. The van der Waals surface area contributed by atoms with Gasteiger partial charge < -0.3 is 15.2 Å². The molecule has 30 heavy (non-hydrogen) atoms. The maximum Gasteiger partial charge on any atom is 0.258 e. The lowest BCUT2D eigenvalue weighted by Gasteiger charge is -2.23. The van der Waals surface area contributed by atoms with Gasteiger partial charge in [-0.1, -0.05) is 78.3 Å². The summed E-state index contributed by atoms with van der Waals surface area (Å²) >= 11 is 6.46. The monoisotopic (exact) mass is 417 g/mol. The van der Waals surface area contributed by atoms with Gasteiger partial charge in [0.05, 0.1) is 6.04 Å². The fraction of sp³-hybridized carbons (Fsp3) is 0.0800. The molecule has 0 saturated heterocycles. The molecule has 0 aromatic heterocycles. The summed E-state index contributed by atoms with van der Waals surface area (Å²) in [6, 6.07) is 27.0. The van der Waals surface area contributed by atoms with Crippen LogP contribution in [0.2, 0.25) is 5.02 Å². The van der Waals surface area contributed by atoms with Crippen molar-refractivity contribution in [1.82, 2.24) is 5.32 Å². The van der Waals surface area contributed by atoms with Gasteiger partial charge in [0.1, 0.15) is 11.5 Å². The molecule has 5 heteroatoms. The quantitative estimate of drug-likeness (QED) is 0.436. The fourth-order valence-corrected chi connectivity index (χ4v) is 3.72. The minimum atomic E-state index is -0.642. The van der Waals surface area contributed by atoms with E-state index in [0.717, 1.165) is 10.8 Å². The SMILES string of the molecule is O=C(COc1ccccc1)N[C@@H](c1ccccc1Cl)c1c(O)ccc2ccccc12. The van der Waals surface area contributed by atoms with Crippen molar-refractivity contribution in [3.63, 3.8) is 0 Å². The molecular formula is C25H20ClNO3. The first-order valence-electron chi connectivity index (χ1n) is 9.56. The Morgan fingerprint density at radius 3 is 2.40 bits per heavy atom. The number of carbonyl (C=O) groups is 1. The second-order valence-electron chi connectivity index (χ2n) is 6.84. The normalized spacial score (nSPS) is 11.8. The molecule has 0 aliphatic carbocycles. The molecule has 4 aromatic carbocycles. The summed E-state index contributed by atoms with van der Waals surface area (Å²) in [6.45, 7) is -0.156. The first-order valence-corrected chi connectivity index (χ1v) is 9.93. The topological polar surface area (TPSA) is 58.6 Å². The van der Waals surface area contributed by atoms with Crippen molar-refractivity contribution >= 4 is 28.3 Å². The van der Waals surface area contributed by atoms with Crippen LogP contribution in [-0.2, 0) is 4.79 Å². The number of carbonyl (C=O) groups excluding carboxylic acids is 1. The van der Waals surface area contributed by atoms with Gasteiger partial charge in [0, 0.05) is 10.6 Å². The number of hydrogen-bond acceptors (Lipinski definition) is 3. The van der Waals surface area contributed by atoms with E-state index in [1.165, 1.54) is 0 Å². The molecule has 150 valence electrons. The molecule has 0 radical (unpaired) electrons. The predicted octanol–water partition coefficient (Wildman–Crippen LogP) is 5.48. The van der Waals surface area contributed by atoms with Crippen LogP contribution >= 0.6 is 11.6 Å². The minimum absolute atomic E-state index is 0.0860. The molecule has 0 aliphatic heterocycles. The molecular weight excluding hydrogens is 398 g/mol. The molecule has 0 saturated carbocycles. The number of nitrogens with one attached hydrogen (secondary N) is 1. The van der Waals surface area contributed by atoms with Crippen molar-refractivity contribution in [1.29, 1.82) is 0 Å². The van der Waals surface area contributed by atoms with E-state index in [2.05, 4.69) is 5.32 Å². The van der Waals surface area contributed by atoms with Crippen molar-refractivity contribution in [3.05, 3.63) is 107 Å². The van der Waals surface area contributed by atoms with Crippen LogP contribution < -0.4 is 10.1 Å². The van der Waals surface area contributed by atoms with Crippen LogP contribution in [0.25, 0.3) is 10.8 Å².